The molecule has 0 saturated carbocycles. The van der Waals surface area contributed by atoms with Crippen molar-refractivity contribution in [1.29, 1.82) is 5.41 Å². The Morgan fingerprint density at radius 2 is 1.85 bits per heavy atom. The predicted molar refractivity (Wildman–Crippen MR) is 96.6 cm³/mol. The number of sulfonamides is 1. The third kappa shape index (κ3) is 3.19. The van der Waals surface area contributed by atoms with Crippen molar-refractivity contribution >= 4 is 15.9 Å². The summed E-state index contributed by atoms with van der Waals surface area (Å²) in [7, 11) is -2.50. The van der Waals surface area contributed by atoms with Gasteiger partial charge < -0.3 is 5.73 Å². The van der Waals surface area contributed by atoms with Crippen LogP contribution in [0, 0.1) is 12.3 Å². The molecule has 2 aromatic heterocycles. The Morgan fingerprint density at radius 3 is 2.46 bits per heavy atom. The van der Waals surface area contributed by atoms with Gasteiger partial charge in [-0.15, -0.1) is 5.10 Å². The molecule has 0 unspecified atom stereocenters. The van der Waals surface area contributed by atoms with Crippen LogP contribution in [0.15, 0.2) is 47.4 Å². The molecule has 134 valence electrons. The molecule has 4 N–H and O–H groups in total. The van der Waals surface area contributed by atoms with Gasteiger partial charge in [0.15, 0.2) is 11.6 Å². The summed E-state index contributed by atoms with van der Waals surface area (Å²) < 4.78 is 28.3. The van der Waals surface area contributed by atoms with E-state index in [0.717, 1.165) is 5.56 Å². The second-order valence-electron chi connectivity index (χ2n) is 5.40. The molecule has 3 rings (SSSR count). The van der Waals surface area contributed by atoms with Gasteiger partial charge in [-0.1, -0.05) is 30.3 Å². The van der Waals surface area contributed by atoms with Crippen LogP contribution in [0.1, 0.15) is 11.5 Å². The quantitative estimate of drug-likeness (QED) is 0.448. The van der Waals surface area contributed by atoms with Gasteiger partial charge in [-0.05, 0) is 26.1 Å². The third-order valence-electron chi connectivity index (χ3n) is 3.68. The zero-order valence-corrected chi connectivity index (χ0v) is 14.9. The molecule has 2 heterocycles. The number of rotatable bonds is 5. The Kier molecular flexibility index (Phi) is 4.53. The van der Waals surface area contributed by atoms with Gasteiger partial charge in [-0.3, -0.25) is 5.41 Å². The zero-order chi connectivity index (χ0) is 18.9. The molecule has 0 aliphatic rings. The van der Waals surface area contributed by atoms with E-state index in [9.17, 15) is 8.42 Å². The van der Waals surface area contributed by atoms with Crippen LogP contribution >= 0.6 is 0 Å². The highest BCUT2D eigenvalue weighted by molar-refractivity contribution is 7.89. The van der Waals surface area contributed by atoms with E-state index in [1.54, 1.807) is 6.92 Å². The summed E-state index contributed by atoms with van der Waals surface area (Å²) in [6.07, 6.45) is 0. The van der Waals surface area contributed by atoms with Gasteiger partial charge in [0.25, 0.3) is 0 Å². The molecular weight excluding hydrogens is 354 g/mol. The third-order valence-corrected chi connectivity index (χ3v) is 5.11. The van der Waals surface area contributed by atoms with Gasteiger partial charge in [0, 0.05) is 5.56 Å². The number of hydrogen-bond acceptors (Lipinski definition) is 6. The Bertz CT molecular complexity index is 1080. The first-order chi connectivity index (χ1) is 12.3. The van der Waals surface area contributed by atoms with Crippen molar-refractivity contribution in [3.63, 3.8) is 0 Å². The van der Waals surface area contributed by atoms with Crippen molar-refractivity contribution in [2.45, 2.75) is 11.8 Å². The van der Waals surface area contributed by atoms with E-state index < -0.39 is 10.0 Å². The van der Waals surface area contributed by atoms with E-state index in [1.165, 1.54) is 23.9 Å². The lowest BCUT2D eigenvalue weighted by molar-refractivity contribution is 0.586. The van der Waals surface area contributed by atoms with Crippen LogP contribution in [-0.4, -0.2) is 41.0 Å². The molecule has 0 fully saturated rings. The average molecular weight is 371 g/mol. The number of aryl methyl sites for hydroxylation is 1. The summed E-state index contributed by atoms with van der Waals surface area (Å²) >= 11 is 0. The fraction of sp³-hybridized carbons (Fsp3) is 0.125. The molecule has 10 heteroatoms. The van der Waals surface area contributed by atoms with Gasteiger partial charge in [-0.25, -0.2) is 23.1 Å². The fourth-order valence-electron chi connectivity index (χ4n) is 2.36. The van der Waals surface area contributed by atoms with Crippen molar-refractivity contribution in [1.82, 2.24) is 24.5 Å². The summed E-state index contributed by atoms with van der Waals surface area (Å²) in [4.78, 5) is 8.52. The van der Waals surface area contributed by atoms with Crippen molar-refractivity contribution < 1.29 is 8.42 Å². The Morgan fingerprint density at radius 1 is 1.15 bits per heavy atom. The predicted octanol–water partition coefficient (Wildman–Crippen LogP) is 0.830. The highest BCUT2D eigenvalue weighted by Gasteiger charge is 2.23. The number of amidine groups is 1. The number of nitrogen functional groups attached to an aromatic ring is 1. The maximum absolute atomic E-state index is 12.4. The largest absolute Gasteiger partial charge is 0.382 e. The molecule has 0 amide bonds. The van der Waals surface area contributed by atoms with Gasteiger partial charge in [0.2, 0.25) is 10.0 Å². The maximum Gasteiger partial charge on any atom is 0.244 e. The zero-order valence-electron chi connectivity index (χ0n) is 14.1. The van der Waals surface area contributed by atoms with Crippen molar-refractivity contribution in [3.05, 3.63) is 54.0 Å². The number of pyridine rings is 1. The molecule has 0 radical (unpaired) electrons. The molecule has 0 aliphatic heterocycles. The second kappa shape index (κ2) is 6.65. The topological polar surface area (TPSA) is 140 Å². The van der Waals surface area contributed by atoms with E-state index in [2.05, 4.69) is 19.8 Å². The lowest BCUT2D eigenvalue weighted by Gasteiger charge is -2.11. The normalized spacial score (nSPS) is 11.5. The summed E-state index contributed by atoms with van der Waals surface area (Å²) in [5, 5.41) is 12.0. The monoisotopic (exact) mass is 371 g/mol. The molecule has 0 spiro atoms. The Balaban J connectivity index is 2.24. The molecule has 1 aromatic carbocycles. The summed E-state index contributed by atoms with van der Waals surface area (Å²) in [5.41, 5.74) is 6.43. The Hall–Kier alpha value is -3.11. The van der Waals surface area contributed by atoms with E-state index in [1.807, 2.05) is 30.3 Å². The van der Waals surface area contributed by atoms with Crippen molar-refractivity contribution in [2.75, 3.05) is 7.05 Å². The van der Waals surface area contributed by atoms with Crippen LogP contribution in [0.3, 0.4) is 0 Å². The second-order valence-corrected chi connectivity index (χ2v) is 7.25. The first-order valence-corrected chi connectivity index (χ1v) is 9.10. The molecule has 9 nitrogen and oxygen atoms in total. The standard InChI is InChI=1S/C16H17N7O2S/c1-10-20-15(11-6-4-3-5-7-11)22-23(10)16-13(26(24,25)19-2)9-8-12(21-16)14(17)18/h3-9,19H,1-2H3,(H3,17,18). The van der Waals surface area contributed by atoms with Crippen molar-refractivity contribution in [3.8, 4) is 17.2 Å². The molecule has 0 saturated heterocycles. The molecule has 0 atom stereocenters. The molecule has 26 heavy (non-hydrogen) atoms. The molecule has 3 aromatic rings. The molecule has 0 bridgehead atoms. The average Bonchev–Trinajstić information content (AvgIpc) is 3.03. The minimum Gasteiger partial charge on any atom is -0.382 e. The smallest absolute Gasteiger partial charge is 0.244 e. The summed E-state index contributed by atoms with van der Waals surface area (Å²) in [6.45, 7) is 1.69. The van der Waals surface area contributed by atoms with Gasteiger partial charge >= 0.3 is 0 Å². The van der Waals surface area contributed by atoms with E-state index in [0.29, 0.717) is 11.6 Å². The Labute approximate surface area is 150 Å². The number of nitrogens with one attached hydrogen (secondary N) is 2. The SMILES string of the molecule is CNS(=O)(=O)c1ccc(C(=N)N)nc1-n1nc(-c2ccccc2)nc1C. The number of aromatic nitrogens is 4. The van der Waals surface area contributed by atoms with Crippen LogP contribution in [0.5, 0.6) is 0 Å². The van der Waals surface area contributed by atoms with Crippen molar-refractivity contribution in [2.24, 2.45) is 5.73 Å². The van der Waals surface area contributed by atoms with Crippen LogP contribution in [-0.2, 0) is 10.0 Å². The summed E-state index contributed by atoms with van der Waals surface area (Å²) in [5.74, 6) is 0.635. The van der Waals surface area contributed by atoms with Gasteiger partial charge in [0.1, 0.15) is 22.2 Å². The van der Waals surface area contributed by atoms with Gasteiger partial charge in [0.05, 0.1) is 0 Å². The van der Waals surface area contributed by atoms with Gasteiger partial charge in [-0.2, -0.15) is 4.68 Å². The highest BCUT2D eigenvalue weighted by Crippen LogP contribution is 2.22. The van der Waals surface area contributed by atoms with Crippen LogP contribution in [0.4, 0.5) is 0 Å². The lowest BCUT2D eigenvalue weighted by Crippen LogP contribution is -2.23. The number of nitrogens with two attached hydrogens (primary N) is 1. The fourth-order valence-corrected chi connectivity index (χ4v) is 3.20. The highest BCUT2D eigenvalue weighted by atomic mass is 32.2. The maximum atomic E-state index is 12.4. The number of hydrogen-bond donors (Lipinski definition) is 3. The van der Waals surface area contributed by atoms with E-state index in [-0.39, 0.29) is 22.2 Å². The van der Waals surface area contributed by atoms with E-state index >= 15 is 0 Å². The first-order valence-electron chi connectivity index (χ1n) is 7.62. The van der Waals surface area contributed by atoms with Crippen LogP contribution in [0.25, 0.3) is 17.2 Å². The first kappa shape index (κ1) is 17.7. The van der Waals surface area contributed by atoms with Crippen LogP contribution < -0.4 is 10.5 Å². The van der Waals surface area contributed by atoms with E-state index in [4.69, 9.17) is 11.1 Å². The molecular formula is C16H17N7O2S. The minimum absolute atomic E-state index is 0.0271. The minimum atomic E-state index is -3.80. The lowest BCUT2D eigenvalue weighted by atomic mass is 10.2. The number of benzene rings is 1. The molecule has 0 aliphatic carbocycles. The van der Waals surface area contributed by atoms with Crippen LogP contribution in [0.2, 0.25) is 0 Å². The summed E-state index contributed by atoms with van der Waals surface area (Å²) in [6, 6.07) is 12.0. The number of nitrogens with zero attached hydrogens (tertiary/aromatic N) is 4.